The van der Waals surface area contributed by atoms with E-state index >= 15 is 0 Å². The van der Waals surface area contributed by atoms with Crippen LogP contribution in [0.5, 0.6) is 0 Å². The van der Waals surface area contributed by atoms with Crippen LogP contribution >= 0.6 is 0 Å². The Labute approximate surface area is 138 Å². The Bertz CT molecular complexity index is 620. The number of ether oxygens (including phenoxy) is 1. The first-order chi connectivity index (χ1) is 10.6. The Hall–Kier alpha value is -1.60. The normalized spacial score (nSPS) is 12.0. The number of alkyl carbamates (subject to hydrolysis) is 1. The van der Waals surface area contributed by atoms with Crippen LogP contribution in [0.1, 0.15) is 38.3 Å². The zero-order valence-electron chi connectivity index (χ0n) is 14.1. The molecule has 0 aliphatic carbocycles. The van der Waals surface area contributed by atoms with Gasteiger partial charge in [0, 0.05) is 6.54 Å². The van der Waals surface area contributed by atoms with Crippen LogP contribution in [0.25, 0.3) is 0 Å². The molecule has 23 heavy (non-hydrogen) atoms. The standard InChI is InChI=1S/C16H25NO5S/c1-16(2,3)22-15(18)17-10-6-9-13-7-5-8-14(11-13)12-21-23(4,19)20/h5,7-8,11H,6,9-10,12H2,1-4H3,(H,17,18). The van der Waals surface area contributed by atoms with Crippen LogP contribution < -0.4 is 5.32 Å². The molecule has 0 atom stereocenters. The molecule has 0 unspecified atom stereocenters. The fourth-order valence-electron chi connectivity index (χ4n) is 1.85. The molecule has 6 nitrogen and oxygen atoms in total. The molecule has 0 saturated heterocycles. The van der Waals surface area contributed by atoms with Crippen molar-refractivity contribution in [2.75, 3.05) is 12.8 Å². The highest BCUT2D eigenvalue weighted by molar-refractivity contribution is 7.85. The number of carbonyl (C=O) groups excluding carboxylic acids is 1. The number of hydrogen-bond donors (Lipinski definition) is 1. The lowest BCUT2D eigenvalue weighted by molar-refractivity contribution is 0.0527. The van der Waals surface area contributed by atoms with Gasteiger partial charge in [0.15, 0.2) is 0 Å². The summed E-state index contributed by atoms with van der Waals surface area (Å²) >= 11 is 0. The van der Waals surface area contributed by atoms with Crippen molar-refractivity contribution >= 4 is 16.2 Å². The van der Waals surface area contributed by atoms with Crippen LogP contribution in [-0.4, -0.2) is 32.9 Å². The van der Waals surface area contributed by atoms with Gasteiger partial charge >= 0.3 is 6.09 Å². The van der Waals surface area contributed by atoms with E-state index in [1.807, 2.05) is 45.0 Å². The largest absolute Gasteiger partial charge is 0.444 e. The molecular weight excluding hydrogens is 318 g/mol. The maximum Gasteiger partial charge on any atom is 0.407 e. The fraction of sp³-hybridized carbons (Fsp3) is 0.562. The van der Waals surface area contributed by atoms with E-state index in [9.17, 15) is 13.2 Å². The number of nitrogens with one attached hydrogen (secondary N) is 1. The Morgan fingerprint density at radius 1 is 1.22 bits per heavy atom. The quantitative estimate of drug-likeness (QED) is 0.608. The van der Waals surface area contributed by atoms with Gasteiger partial charge in [0.1, 0.15) is 5.60 Å². The monoisotopic (exact) mass is 343 g/mol. The summed E-state index contributed by atoms with van der Waals surface area (Å²) in [5.74, 6) is 0. The maximum atomic E-state index is 11.5. The van der Waals surface area contributed by atoms with E-state index in [-0.39, 0.29) is 6.61 Å². The van der Waals surface area contributed by atoms with Crippen molar-refractivity contribution in [3.8, 4) is 0 Å². The van der Waals surface area contributed by atoms with E-state index in [2.05, 4.69) is 5.32 Å². The first kappa shape index (κ1) is 19.4. The minimum Gasteiger partial charge on any atom is -0.444 e. The topological polar surface area (TPSA) is 81.7 Å². The van der Waals surface area contributed by atoms with Crippen LogP contribution in [0.2, 0.25) is 0 Å². The van der Waals surface area contributed by atoms with E-state index in [4.69, 9.17) is 8.92 Å². The van der Waals surface area contributed by atoms with Crippen LogP contribution in [-0.2, 0) is 32.1 Å². The van der Waals surface area contributed by atoms with Crippen molar-refractivity contribution in [2.24, 2.45) is 0 Å². The lowest BCUT2D eigenvalue weighted by Crippen LogP contribution is -2.33. The number of carbonyl (C=O) groups is 1. The first-order valence-electron chi connectivity index (χ1n) is 7.44. The summed E-state index contributed by atoms with van der Waals surface area (Å²) in [6, 6.07) is 7.53. The highest BCUT2D eigenvalue weighted by atomic mass is 32.2. The van der Waals surface area contributed by atoms with Gasteiger partial charge < -0.3 is 10.1 Å². The van der Waals surface area contributed by atoms with E-state index in [1.54, 1.807) is 0 Å². The van der Waals surface area contributed by atoms with Gasteiger partial charge in [-0.15, -0.1) is 0 Å². The summed E-state index contributed by atoms with van der Waals surface area (Å²) in [5.41, 5.74) is 1.36. The first-order valence-corrected chi connectivity index (χ1v) is 9.26. The van der Waals surface area contributed by atoms with Crippen molar-refractivity contribution in [3.05, 3.63) is 35.4 Å². The van der Waals surface area contributed by atoms with Crippen molar-refractivity contribution < 1.29 is 22.1 Å². The Morgan fingerprint density at radius 2 is 1.87 bits per heavy atom. The molecule has 0 saturated carbocycles. The zero-order chi connectivity index (χ0) is 17.5. The van der Waals surface area contributed by atoms with Gasteiger partial charge in [-0.05, 0) is 44.7 Å². The van der Waals surface area contributed by atoms with Gasteiger partial charge in [0.2, 0.25) is 0 Å². The summed E-state index contributed by atoms with van der Waals surface area (Å²) in [6.45, 7) is 5.99. The molecule has 0 bridgehead atoms. The van der Waals surface area contributed by atoms with E-state index < -0.39 is 21.8 Å². The molecule has 0 heterocycles. The summed E-state index contributed by atoms with van der Waals surface area (Å²) in [5, 5.41) is 2.70. The second-order valence-corrected chi connectivity index (χ2v) is 7.96. The highest BCUT2D eigenvalue weighted by Crippen LogP contribution is 2.10. The lowest BCUT2D eigenvalue weighted by atomic mass is 10.1. The van der Waals surface area contributed by atoms with Gasteiger partial charge in [-0.25, -0.2) is 4.79 Å². The van der Waals surface area contributed by atoms with Gasteiger partial charge in [-0.3, -0.25) is 4.18 Å². The molecule has 1 aromatic carbocycles. The highest BCUT2D eigenvalue weighted by Gasteiger charge is 2.15. The molecule has 130 valence electrons. The lowest BCUT2D eigenvalue weighted by Gasteiger charge is -2.19. The number of rotatable bonds is 7. The number of aryl methyl sites for hydroxylation is 1. The summed E-state index contributed by atoms with van der Waals surface area (Å²) < 4.78 is 31.9. The van der Waals surface area contributed by atoms with Crippen molar-refractivity contribution in [2.45, 2.75) is 45.8 Å². The van der Waals surface area contributed by atoms with Crippen molar-refractivity contribution in [1.82, 2.24) is 5.32 Å². The minimum atomic E-state index is -3.44. The van der Waals surface area contributed by atoms with E-state index in [0.29, 0.717) is 6.54 Å². The Morgan fingerprint density at radius 3 is 2.48 bits per heavy atom. The molecular formula is C16H25NO5S. The number of hydrogen-bond acceptors (Lipinski definition) is 5. The molecule has 1 amide bonds. The number of amides is 1. The van der Waals surface area contributed by atoms with E-state index in [1.165, 1.54) is 0 Å². The van der Waals surface area contributed by atoms with Crippen LogP contribution in [0, 0.1) is 0 Å². The van der Waals surface area contributed by atoms with Crippen molar-refractivity contribution in [1.29, 1.82) is 0 Å². The molecule has 0 aliphatic rings. The van der Waals surface area contributed by atoms with Crippen LogP contribution in [0.4, 0.5) is 4.79 Å². The summed E-state index contributed by atoms with van der Waals surface area (Å²) in [7, 11) is -3.44. The third-order valence-corrected chi connectivity index (χ3v) is 3.29. The second-order valence-electron chi connectivity index (χ2n) is 6.32. The third-order valence-electron chi connectivity index (χ3n) is 2.74. The average molecular weight is 343 g/mol. The predicted molar refractivity (Wildman–Crippen MR) is 88.6 cm³/mol. The predicted octanol–water partition coefficient (Wildman–Crippen LogP) is 2.62. The maximum absolute atomic E-state index is 11.5. The third kappa shape index (κ3) is 9.91. The fourth-order valence-corrected chi connectivity index (χ4v) is 2.20. The molecule has 0 fully saturated rings. The van der Waals surface area contributed by atoms with Gasteiger partial charge in [0.05, 0.1) is 12.9 Å². The average Bonchev–Trinajstić information content (AvgIpc) is 2.39. The van der Waals surface area contributed by atoms with Crippen LogP contribution in [0.15, 0.2) is 24.3 Å². The Balaban J connectivity index is 2.37. The van der Waals surface area contributed by atoms with Crippen molar-refractivity contribution in [3.63, 3.8) is 0 Å². The zero-order valence-corrected chi connectivity index (χ0v) is 14.9. The molecule has 0 radical (unpaired) electrons. The molecule has 1 aromatic rings. The molecule has 0 aromatic heterocycles. The molecule has 1 rings (SSSR count). The van der Waals surface area contributed by atoms with Gasteiger partial charge in [-0.1, -0.05) is 24.3 Å². The molecule has 0 aliphatic heterocycles. The van der Waals surface area contributed by atoms with Gasteiger partial charge in [0.25, 0.3) is 10.1 Å². The molecule has 0 spiro atoms. The minimum absolute atomic E-state index is 0.0306. The van der Waals surface area contributed by atoms with Gasteiger partial charge in [-0.2, -0.15) is 8.42 Å². The molecule has 7 heteroatoms. The van der Waals surface area contributed by atoms with Crippen LogP contribution in [0.3, 0.4) is 0 Å². The van der Waals surface area contributed by atoms with E-state index in [0.717, 1.165) is 30.2 Å². The Kier molecular flexibility index (Phi) is 7.02. The number of benzene rings is 1. The molecule has 1 N–H and O–H groups in total. The SMILES string of the molecule is CC(C)(C)OC(=O)NCCCc1cccc(COS(C)(=O)=O)c1. The second kappa shape index (κ2) is 8.31. The summed E-state index contributed by atoms with van der Waals surface area (Å²) in [6.07, 6.45) is 2.13. The summed E-state index contributed by atoms with van der Waals surface area (Å²) in [4.78, 5) is 11.5. The smallest absolute Gasteiger partial charge is 0.407 e.